The molecule has 92 valence electrons. The summed E-state index contributed by atoms with van der Waals surface area (Å²) in [6, 6.07) is 0. The van der Waals surface area contributed by atoms with Gasteiger partial charge in [0.15, 0.2) is 0 Å². The Labute approximate surface area is 103 Å². The van der Waals surface area contributed by atoms with Crippen molar-refractivity contribution < 1.29 is 9.53 Å². The molecular weight excluding hydrogens is 212 g/mol. The number of carbonyl (C=O) groups excluding carboxylic acids is 1. The van der Waals surface area contributed by atoms with Crippen LogP contribution in [-0.4, -0.2) is 12.1 Å². The van der Waals surface area contributed by atoms with Crippen LogP contribution in [0.25, 0.3) is 0 Å². The van der Waals surface area contributed by atoms with Gasteiger partial charge >= 0.3 is 5.97 Å². The second kappa shape index (κ2) is 4.91. The van der Waals surface area contributed by atoms with Crippen LogP contribution < -0.4 is 0 Å². The topological polar surface area (TPSA) is 26.3 Å². The molecule has 1 aliphatic carbocycles. The van der Waals surface area contributed by atoms with Gasteiger partial charge in [0.1, 0.15) is 6.10 Å². The van der Waals surface area contributed by atoms with Gasteiger partial charge in [-0.15, -0.1) is 0 Å². The van der Waals surface area contributed by atoms with E-state index in [-0.39, 0.29) is 18.0 Å². The van der Waals surface area contributed by atoms with Gasteiger partial charge in [0.2, 0.25) is 0 Å². The Kier molecular flexibility index (Phi) is 3.51. The van der Waals surface area contributed by atoms with E-state index in [0.29, 0.717) is 5.57 Å². The number of carbonyl (C=O) groups is 1. The first-order valence-corrected chi connectivity index (χ1v) is 6.29. The Morgan fingerprint density at radius 1 is 1.29 bits per heavy atom. The van der Waals surface area contributed by atoms with Gasteiger partial charge in [-0.2, -0.15) is 0 Å². The van der Waals surface area contributed by atoms with Gasteiger partial charge in [-0.3, -0.25) is 0 Å². The first-order chi connectivity index (χ1) is 8.08. The van der Waals surface area contributed by atoms with Crippen LogP contribution in [-0.2, 0) is 9.53 Å². The average Bonchev–Trinajstić information content (AvgIpc) is 2.52. The molecular formula is C15H20O2. The summed E-state index contributed by atoms with van der Waals surface area (Å²) in [6.45, 7) is 8.14. The quantitative estimate of drug-likeness (QED) is 0.363. The van der Waals surface area contributed by atoms with Crippen molar-refractivity contribution in [2.24, 2.45) is 5.92 Å². The molecule has 1 fully saturated rings. The average molecular weight is 232 g/mol. The number of ether oxygens (including phenoxy) is 1. The van der Waals surface area contributed by atoms with Crippen LogP contribution in [0, 0.1) is 5.92 Å². The lowest BCUT2D eigenvalue weighted by molar-refractivity contribution is -0.139. The molecule has 0 radical (unpaired) electrons. The molecule has 0 unspecified atom stereocenters. The van der Waals surface area contributed by atoms with Gasteiger partial charge in [-0.1, -0.05) is 29.9 Å². The lowest BCUT2D eigenvalue weighted by Crippen LogP contribution is -2.17. The standard InChI is InChI=1S/C15H20O2/c1-10-5-4-6-11(2)9-14-13(8-7-10)12(3)15(16)17-14/h5-6,13-14H,3-4,7-9H2,1-2H3/b10-5+,11-6-/t13-,14+/m0/s1. The number of hydrogen-bond donors (Lipinski definition) is 0. The highest BCUT2D eigenvalue weighted by atomic mass is 16.6. The maximum atomic E-state index is 11.6. The SMILES string of the molecule is C=C1C(=O)O[C@@H]2C/C(C)=C\C/C=C(\C)CC[C@@H]12. The molecule has 0 aromatic heterocycles. The Morgan fingerprint density at radius 2 is 2.00 bits per heavy atom. The van der Waals surface area contributed by atoms with Crippen LogP contribution in [0.1, 0.15) is 39.5 Å². The minimum absolute atomic E-state index is 0.0112. The molecule has 0 amide bonds. The zero-order valence-corrected chi connectivity index (χ0v) is 10.7. The molecule has 0 spiro atoms. The maximum Gasteiger partial charge on any atom is 0.334 e. The zero-order chi connectivity index (χ0) is 12.4. The summed E-state index contributed by atoms with van der Waals surface area (Å²) in [7, 11) is 0. The minimum Gasteiger partial charge on any atom is -0.458 e. The first kappa shape index (κ1) is 12.2. The van der Waals surface area contributed by atoms with Gasteiger partial charge in [-0.05, 0) is 33.1 Å². The number of hydrogen-bond acceptors (Lipinski definition) is 2. The van der Waals surface area contributed by atoms with Gasteiger partial charge < -0.3 is 4.74 Å². The normalized spacial score (nSPS) is 36.4. The summed E-state index contributed by atoms with van der Waals surface area (Å²) in [5.74, 6) is 0.000907. The Hall–Kier alpha value is -1.31. The number of fused-ring (bicyclic) bond motifs is 1. The van der Waals surface area contributed by atoms with Crippen molar-refractivity contribution >= 4 is 5.97 Å². The first-order valence-electron chi connectivity index (χ1n) is 6.29. The molecule has 2 aliphatic rings. The molecule has 1 heterocycles. The highest BCUT2D eigenvalue weighted by Crippen LogP contribution is 2.35. The summed E-state index contributed by atoms with van der Waals surface area (Å²) in [5, 5.41) is 0. The van der Waals surface area contributed by atoms with E-state index < -0.39 is 0 Å². The van der Waals surface area contributed by atoms with E-state index in [9.17, 15) is 4.79 Å². The van der Waals surface area contributed by atoms with Crippen LogP contribution in [0.15, 0.2) is 35.5 Å². The molecule has 0 N–H and O–H groups in total. The Bertz CT molecular complexity index is 401. The fourth-order valence-electron chi connectivity index (χ4n) is 2.56. The molecule has 1 saturated heterocycles. The van der Waals surface area contributed by atoms with Crippen LogP contribution in [0.5, 0.6) is 0 Å². The fourth-order valence-corrected chi connectivity index (χ4v) is 2.56. The third-order valence-corrected chi connectivity index (χ3v) is 3.72. The maximum absolute atomic E-state index is 11.6. The summed E-state index contributed by atoms with van der Waals surface area (Å²) in [4.78, 5) is 11.6. The molecule has 1 aliphatic heterocycles. The van der Waals surface area contributed by atoms with Crippen molar-refractivity contribution in [1.29, 1.82) is 0 Å². The fraction of sp³-hybridized carbons (Fsp3) is 0.533. The van der Waals surface area contributed by atoms with E-state index in [1.165, 1.54) is 11.1 Å². The number of esters is 1. The van der Waals surface area contributed by atoms with Gasteiger partial charge in [-0.25, -0.2) is 4.79 Å². The minimum atomic E-state index is -0.200. The van der Waals surface area contributed by atoms with E-state index >= 15 is 0 Å². The van der Waals surface area contributed by atoms with Crippen molar-refractivity contribution in [3.63, 3.8) is 0 Å². The zero-order valence-electron chi connectivity index (χ0n) is 10.7. The molecule has 0 saturated carbocycles. The highest BCUT2D eigenvalue weighted by Gasteiger charge is 2.37. The van der Waals surface area contributed by atoms with E-state index in [1.807, 2.05) is 0 Å². The third kappa shape index (κ3) is 2.68. The van der Waals surface area contributed by atoms with Crippen molar-refractivity contribution in [2.45, 2.75) is 45.6 Å². The second-order valence-corrected chi connectivity index (χ2v) is 5.15. The van der Waals surface area contributed by atoms with Gasteiger partial charge in [0.05, 0.1) is 0 Å². The van der Waals surface area contributed by atoms with Crippen LogP contribution in [0.3, 0.4) is 0 Å². The molecule has 0 bridgehead atoms. The monoisotopic (exact) mass is 232 g/mol. The smallest absolute Gasteiger partial charge is 0.334 e. The summed E-state index contributed by atoms with van der Waals surface area (Å²) in [6.07, 6.45) is 8.35. The predicted molar refractivity (Wildman–Crippen MR) is 68.5 cm³/mol. The van der Waals surface area contributed by atoms with Crippen LogP contribution in [0.4, 0.5) is 0 Å². The molecule has 17 heavy (non-hydrogen) atoms. The van der Waals surface area contributed by atoms with Crippen molar-refractivity contribution in [3.05, 3.63) is 35.5 Å². The van der Waals surface area contributed by atoms with Crippen molar-refractivity contribution in [2.75, 3.05) is 0 Å². The van der Waals surface area contributed by atoms with Crippen LogP contribution in [0.2, 0.25) is 0 Å². The van der Waals surface area contributed by atoms with E-state index in [1.54, 1.807) is 0 Å². The lowest BCUT2D eigenvalue weighted by atomic mass is 9.87. The summed E-state index contributed by atoms with van der Waals surface area (Å²) >= 11 is 0. The van der Waals surface area contributed by atoms with E-state index in [4.69, 9.17) is 4.74 Å². The van der Waals surface area contributed by atoms with E-state index in [2.05, 4.69) is 32.6 Å². The lowest BCUT2D eigenvalue weighted by Gasteiger charge is -2.19. The third-order valence-electron chi connectivity index (χ3n) is 3.72. The summed E-state index contributed by atoms with van der Waals surface area (Å²) in [5.41, 5.74) is 3.35. The Balaban J connectivity index is 2.21. The molecule has 2 rings (SSSR count). The molecule has 0 aromatic rings. The Morgan fingerprint density at radius 3 is 2.76 bits per heavy atom. The predicted octanol–water partition coefficient (Wildman–Crippen LogP) is 3.55. The molecule has 2 heteroatoms. The van der Waals surface area contributed by atoms with Crippen molar-refractivity contribution in [3.8, 4) is 0 Å². The molecule has 2 nitrogen and oxygen atoms in total. The number of rotatable bonds is 0. The highest BCUT2D eigenvalue weighted by molar-refractivity contribution is 5.90. The second-order valence-electron chi connectivity index (χ2n) is 5.15. The van der Waals surface area contributed by atoms with Crippen LogP contribution >= 0.6 is 0 Å². The summed E-state index contributed by atoms with van der Waals surface area (Å²) < 4.78 is 5.42. The van der Waals surface area contributed by atoms with Crippen molar-refractivity contribution in [1.82, 2.24) is 0 Å². The van der Waals surface area contributed by atoms with Gasteiger partial charge in [0.25, 0.3) is 0 Å². The number of allylic oxidation sites excluding steroid dienone is 3. The van der Waals surface area contributed by atoms with Gasteiger partial charge in [0, 0.05) is 17.9 Å². The van der Waals surface area contributed by atoms with E-state index in [0.717, 1.165) is 25.7 Å². The molecule has 2 atom stereocenters. The largest absolute Gasteiger partial charge is 0.458 e. The molecule has 0 aromatic carbocycles.